The third-order valence-electron chi connectivity index (χ3n) is 25.6. The number of aliphatic hydroxyl groups is 5. The van der Waals surface area contributed by atoms with Gasteiger partial charge in [-0.25, -0.2) is 24.9 Å². The van der Waals surface area contributed by atoms with Gasteiger partial charge in [0.15, 0.2) is 25.8 Å². The molecule has 0 aliphatic rings. The van der Waals surface area contributed by atoms with Gasteiger partial charge in [-0.2, -0.15) is 26.1 Å². The molecule has 0 bridgehead atoms. The molecule has 10 N–H and O–H groups in total. The molecule has 10 aromatic carbocycles. The second-order valence-electron chi connectivity index (χ2n) is 35.5. The van der Waals surface area contributed by atoms with E-state index in [9.17, 15) is 25.5 Å². The monoisotopic (exact) mass is 2110 g/mol. The van der Waals surface area contributed by atoms with Crippen LogP contribution in [0.5, 0.6) is 0 Å². The lowest BCUT2D eigenvalue weighted by molar-refractivity contribution is 0.271. The highest BCUT2D eigenvalue weighted by molar-refractivity contribution is 6.31. The van der Waals surface area contributed by atoms with E-state index in [-0.39, 0.29) is 33.0 Å². The molecule has 35 nitrogen and oxygen atoms in total. The van der Waals surface area contributed by atoms with E-state index in [0.717, 1.165) is 237 Å². The lowest BCUT2D eigenvalue weighted by atomic mass is 9.98. The molecule has 0 fully saturated rings. The zero-order valence-electron chi connectivity index (χ0n) is 83.6. The summed E-state index contributed by atoms with van der Waals surface area (Å²) in [5.41, 5.74) is 24.0. The standard InChI is InChI=1S/5C22H23ClN6O/c5*1-2-3-8-20-24-21(23)19(14-30)29(20)13-15-9-11-16(12-10-15)17-6-4-5-7-18(17)22-25-27-28-26-22/h5*4-7,9-12,30H,2-3,8,13-14H2,1H3,(H,25,26,27,28). The summed E-state index contributed by atoms with van der Waals surface area (Å²) in [6, 6.07) is 81.5. The average Bonchev–Trinajstić information content (AvgIpc) is 1.76. The zero-order valence-corrected chi connectivity index (χ0v) is 87.4. The SMILES string of the molecule is CCCCc1nc(Cl)c(CO)n1Cc1ccc(-c2ccccc2-c2nn[nH]n2)cc1.CCCCc1nc(Cl)c(CO)n1Cc1ccc(-c2ccccc2-c2nn[nH]n2)cc1.CCCCc1nc(Cl)c(CO)n1Cc1ccc(-c2ccccc2-c2nn[nH]n2)cc1.CCCCc1nc(Cl)c(CO)n1Cc1ccc(-c2ccccc2-c2nn[nH]n2)cc1.CCCCc1nc(Cl)c(CO)n1Cc1ccc(-c2ccccc2-c2nn[nH]n2)cc1. The molecule has 0 atom stereocenters. The molecule has 0 unspecified atom stereocenters. The minimum Gasteiger partial charge on any atom is -0.390 e. The number of hydrogen-bond donors (Lipinski definition) is 10. The van der Waals surface area contributed by atoms with Gasteiger partial charge in [-0.05, 0) is 142 Å². The van der Waals surface area contributed by atoms with Crippen LogP contribution in [0.4, 0.5) is 0 Å². The van der Waals surface area contributed by atoms with Gasteiger partial charge in [-0.3, -0.25) is 0 Å². The molecule has 20 rings (SSSR count). The number of halogens is 5. The van der Waals surface area contributed by atoms with Crippen LogP contribution in [-0.2, 0) is 97.9 Å². The van der Waals surface area contributed by atoms with E-state index in [1.54, 1.807) is 0 Å². The predicted molar refractivity (Wildman–Crippen MR) is 580 cm³/mol. The molecular weight excluding hydrogens is 2000 g/mol. The highest BCUT2D eigenvalue weighted by Crippen LogP contribution is 2.38. The van der Waals surface area contributed by atoms with Crippen LogP contribution in [0.3, 0.4) is 0 Å². The van der Waals surface area contributed by atoms with Crippen molar-refractivity contribution in [2.45, 2.75) is 197 Å². The fraction of sp³-hybridized carbons (Fsp3) is 0.273. The Morgan fingerprint density at radius 1 is 0.213 bits per heavy atom. The van der Waals surface area contributed by atoms with Gasteiger partial charge in [0.1, 0.15) is 29.1 Å². The van der Waals surface area contributed by atoms with Gasteiger partial charge in [-0.15, -0.1) is 51.0 Å². The number of nitrogens with one attached hydrogen (secondary N) is 5. The van der Waals surface area contributed by atoms with Crippen LogP contribution in [0, 0.1) is 0 Å². The maximum Gasteiger partial charge on any atom is 0.205 e. The lowest BCUT2D eigenvalue weighted by Gasteiger charge is -2.12. The van der Waals surface area contributed by atoms with Crippen molar-refractivity contribution in [1.29, 1.82) is 0 Å². The van der Waals surface area contributed by atoms with Crippen LogP contribution < -0.4 is 0 Å². The van der Waals surface area contributed by atoms with E-state index in [1.807, 2.05) is 144 Å². The van der Waals surface area contributed by atoms with Crippen LogP contribution in [0.25, 0.3) is 113 Å². The van der Waals surface area contributed by atoms with Gasteiger partial charge in [0.05, 0.1) is 61.5 Å². The molecule has 0 saturated heterocycles. The van der Waals surface area contributed by atoms with Crippen molar-refractivity contribution < 1.29 is 25.5 Å². The number of imidazole rings is 5. The normalized spacial score (nSPS) is 11.2. The van der Waals surface area contributed by atoms with Crippen molar-refractivity contribution in [1.82, 2.24) is 151 Å². The van der Waals surface area contributed by atoms with Gasteiger partial charge < -0.3 is 48.4 Å². The Kier molecular flexibility index (Phi) is 38.5. The number of aliphatic hydroxyl groups excluding tert-OH is 5. The number of nitrogens with zero attached hydrogens (tertiary/aromatic N) is 25. The fourth-order valence-electron chi connectivity index (χ4n) is 17.7. The molecule has 40 heteroatoms. The Bertz CT molecular complexity index is 6570. The minimum atomic E-state index is -0.131. The quantitative estimate of drug-likeness (QED) is 0.0170. The van der Waals surface area contributed by atoms with Crippen LogP contribution >= 0.6 is 58.0 Å². The summed E-state index contributed by atoms with van der Waals surface area (Å²) in [4.78, 5) is 22.3. The molecule has 770 valence electrons. The Hall–Kier alpha value is -15.2. The lowest BCUT2D eigenvalue weighted by Crippen LogP contribution is -2.09. The zero-order chi connectivity index (χ0) is 105. The third-order valence-corrected chi connectivity index (χ3v) is 27.1. The van der Waals surface area contributed by atoms with Gasteiger partial charge in [0, 0.05) is 92.6 Å². The van der Waals surface area contributed by atoms with Crippen molar-refractivity contribution in [2.75, 3.05) is 0 Å². The Morgan fingerprint density at radius 2 is 0.367 bits per heavy atom. The number of tetrazole rings is 5. The second kappa shape index (κ2) is 53.6. The first-order chi connectivity index (χ1) is 73.5. The molecule has 0 aliphatic heterocycles. The van der Waals surface area contributed by atoms with Crippen molar-refractivity contribution in [2.24, 2.45) is 0 Å². The van der Waals surface area contributed by atoms with Gasteiger partial charge in [0.2, 0.25) is 29.1 Å². The molecule has 0 aliphatic carbocycles. The van der Waals surface area contributed by atoms with Gasteiger partial charge in [0.25, 0.3) is 0 Å². The van der Waals surface area contributed by atoms with Crippen LogP contribution in [0.15, 0.2) is 243 Å². The van der Waals surface area contributed by atoms with E-state index < -0.39 is 0 Å². The number of benzene rings is 10. The summed E-state index contributed by atoms with van der Waals surface area (Å²) in [6.07, 6.45) is 14.7. The summed E-state index contributed by atoms with van der Waals surface area (Å²) in [5, 5.41) is 123. The first-order valence-corrected chi connectivity index (χ1v) is 51.8. The summed E-state index contributed by atoms with van der Waals surface area (Å²) < 4.78 is 10.1. The third kappa shape index (κ3) is 26.6. The van der Waals surface area contributed by atoms with Crippen LogP contribution in [0.1, 0.15) is 184 Å². The maximum atomic E-state index is 9.77. The van der Waals surface area contributed by atoms with Crippen molar-refractivity contribution >= 4 is 58.0 Å². The number of rotatable bonds is 40. The Morgan fingerprint density at radius 3 is 0.500 bits per heavy atom. The number of hydrogen-bond acceptors (Lipinski definition) is 25. The summed E-state index contributed by atoms with van der Waals surface area (Å²) in [5.74, 6) is 7.40. The van der Waals surface area contributed by atoms with Crippen LogP contribution in [0.2, 0.25) is 25.8 Å². The topological polar surface area (TPSA) is 463 Å². The molecule has 0 spiro atoms. The smallest absolute Gasteiger partial charge is 0.205 e. The maximum absolute atomic E-state index is 9.77. The average molecular weight is 2110 g/mol. The van der Waals surface area contributed by atoms with E-state index in [0.29, 0.717) is 116 Å². The van der Waals surface area contributed by atoms with Crippen molar-refractivity contribution in [3.05, 3.63) is 354 Å². The largest absolute Gasteiger partial charge is 0.390 e. The highest BCUT2D eigenvalue weighted by atomic mass is 35.5. The summed E-state index contributed by atoms with van der Waals surface area (Å²) in [7, 11) is 0. The molecule has 0 radical (unpaired) electrons. The van der Waals surface area contributed by atoms with E-state index >= 15 is 0 Å². The van der Waals surface area contributed by atoms with E-state index in [4.69, 9.17) is 58.0 Å². The molecule has 10 aromatic heterocycles. The van der Waals surface area contributed by atoms with Gasteiger partial charge in [-0.1, -0.05) is 367 Å². The number of unbranched alkanes of at least 4 members (excludes halogenated alkanes) is 5. The fourth-order valence-corrected chi connectivity index (χ4v) is 19.0. The number of aryl methyl sites for hydroxylation is 5. The molecular formula is C110H115Cl5N30O5. The summed E-state index contributed by atoms with van der Waals surface area (Å²) in [6.45, 7) is 13.1. The van der Waals surface area contributed by atoms with Crippen molar-refractivity contribution in [3.63, 3.8) is 0 Å². The summed E-state index contributed by atoms with van der Waals surface area (Å²) >= 11 is 31.3. The number of aromatic amines is 5. The molecule has 0 amide bonds. The second-order valence-corrected chi connectivity index (χ2v) is 37.2. The Labute approximate surface area is 891 Å². The Balaban J connectivity index is 0.000000133. The van der Waals surface area contributed by atoms with Crippen LogP contribution in [-0.4, -0.2) is 176 Å². The molecule has 150 heavy (non-hydrogen) atoms. The van der Waals surface area contributed by atoms with E-state index in [1.165, 1.54) is 0 Å². The molecule has 10 heterocycles. The number of H-pyrrole nitrogens is 5. The molecule has 0 saturated carbocycles. The van der Waals surface area contributed by atoms with E-state index in [2.05, 4.69) is 284 Å². The highest BCUT2D eigenvalue weighted by Gasteiger charge is 2.25. The van der Waals surface area contributed by atoms with Gasteiger partial charge >= 0.3 is 0 Å². The first-order valence-electron chi connectivity index (χ1n) is 49.9. The molecule has 20 aromatic rings. The number of aromatic nitrogens is 30. The minimum absolute atomic E-state index is 0.131. The predicted octanol–water partition coefficient (Wildman–Crippen LogP) is 21.3. The first kappa shape index (κ1) is 108. The van der Waals surface area contributed by atoms with Crippen molar-refractivity contribution in [3.8, 4) is 113 Å².